The number of phenolic OH excluding ortho intramolecular Hbond substituents is 1. The third-order valence-corrected chi connectivity index (χ3v) is 3.76. The summed E-state index contributed by atoms with van der Waals surface area (Å²) >= 11 is 0. The largest absolute Gasteiger partial charge is 0.508 e. The Hall–Kier alpha value is -0.980. The van der Waals surface area contributed by atoms with E-state index in [-0.39, 0.29) is 0 Å². The molecule has 0 bridgehead atoms. The van der Waals surface area contributed by atoms with Crippen LogP contribution >= 0.6 is 0 Å². The summed E-state index contributed by atoms with van der Waals surface area (Å²) < 4.78 is 0. The molecule has 1 aromatic rings. The van der Waals surface area contributed by atoms with Crippen molar-refractivity contribution in [1.82, 2.24) is 0 Å². The van der Waals surface area contributed by atoms with Crippen molar-refractivity contribution in [1.29, 1.82) is 0 Å². The molecule has 0 heterocycles. The number of aromatic hydroxyl groups is 1. The van der Waals surface area contributed by atoms with Crippen LogP contribution in [0.2, 0.25) is 0 Å². The Balaban J connectivity index is 3.35. The highest BCUT2D eigenvalue weighted by atomic mass is 16.3. The zero-order valence-corrected chi connectivity index (χ0v) is 13.2. The lowest BCUT2D eigenvalue weighted by molar-refractivity contribution is 0.464. The van der Waals surface area contributed by atoms with E-state index in [0.29, 0.717) is 5.75 Å². The molecule has 0 spiro atoms. The molecule has 1 heteroatoms. The standard InChI is InChI=1S/C18H30O/c1-5-9-14-13-18(19)17(12-8-4)16(11-7-3)15(14)10-6-2/h13,19H,5-12H2,1-4H3. The van der Waals surface area contributed by atoms with Gasteiger partial charge in [0.25, 0.3) is 0 Å². The molecule has 0 amide bonds. The first-order valence-electron chi connectivity index (χ1n) is 8.04. The molecule has 0 radical (unpaired) electrons. The molecule has 1 N–H and O–H groups in total. The Kier molecular flexibility index (Phi) is 6.97. The van der Waals surface area contributed by atoms with Crippen molar-refractivity contribution in [2.45, 2.75) is 79.1 Å². The number of hydrogen-bond acceptors (Lipinski definition) is 1. The van der Waals surface area contributed by atoms with Crippen molar-refractivity contribution in [2.24, 2.45) is 0 Å². The average Bonchev–Trinajstić information content (AvgIpc) is 2.38. The lowest BCUT2D eigenvalue weighted by Crippen LogP contribution is -2.06. The Labute approximate surface area is 119 Å². The van der Waals surface area contributed by atoms with Gasteiger partial charge in [-0.15, -0.1) is 0 Å². The van der Waals surface area contributed by atoms with Gasteiger partial charge in [0.1, 0.15) is 5.75 Å². The van der Waals surface area contributed by atoms with Crippen LogP contribution in [0, 0.1) is 0 Å². The van der Waals surface area contributed by atoms with Crippen LogP contribution in [0.3, 0.4) is 0 Å². The lowest BCUT2D eigenvalue weighted by Gasteiger charge is -2.20. The van der Waals surface area contributed by atoms with Crippen molar-refractivity contribution in [3.05, 3.63) is 28.3 Å². The minimum absolute atomic E-state index is 0.536. The van der Waals surface area contributed by atoms with E-state index in [1.165, 1.54) is 28.7 Å². The van der Waals surface area contributed by atoms with E-state index in [0.717, 1.165) is 44.9 Å². The fraction of sp³-hybridized carbons (Fsp3) is 0.667. The first kappa shape index (κ1) is 16.1. The fourth-order valence-electron chi connectivity index (χ4n) is 3.00. The molecular weight excluding hydrogens is 232 g/mol. The number of benzene rings is 1. The van der Waals surface area contributed by atoms with Gasteiger partial charge in [-0.05, 0) is 54.0 Å². The van der Waals surface area contributed by atoms with E-state index in [9.17, 15) is 5.11 Å². The van der Waals surface area contributed by atoms with Gasteiger partial charge >= 0.3 is 0 Å². The Bertz CT molecular complexity index is 393. The molecule has 0 fully saturated rings. The van der Waals surface area contributed by atoms with E-state index in [4.69, 9.17) is 0 Å². The van der Waals surface area contributed by atoms with Crippen molar-refractivity contribution in [3.8, 4) is 5.75 Å². The molecule has 0 aliphatic rings. The minimum Gasteiger partial charge on any atom is -0.508 e. The van der Waals surface area contributed by atoms with E-state index in [1.807, 2.05) is 6.07 Å². The number of phenols is 1. The number of rotatable bonds is 8. The highest BCUT2D eigenvalue weighted by molar-refractivity contribution is 5.49. The van der Waals surface area contributed by atoms with Gasteiger partial charge in [-0.2, -0.15) is 0 Å². The zero-order chi connectivity index (χ0) is 14.3. The molecule has 0 aliphatic heterocycles. The van der Waals surface area contributed by atoms with Gasteiger partial charge in [-0.1, -0.05) is 53.4 Å². The second-order valence-corrected chi connectivity index (χ2v) is 5.49. The number of hydrogen-bond donors (Lipinski definition) is 1. The van der Waals surface area contributed by atoms with Gasteiger partial charge in [0.2, 0.25) is 0 Å². The van der Waals surface area contributed by atoms with Gasteiger partial charge in [0.15, 0.2) is 0 Å². The molecule has 1 rings (SSSR count). The Morgan fingerprint density at radius 2 is 1.16 bits per heavy atom. The van der Waals surface area contributed by atoms with Gasteiger partial charge in [-0.3, -0.25) is 0 Å². The molecule has 19 heavy (non-hydrogen) atoms. The maximum Gasteiger partial charge on any atom is 0.119 e. The van der Waals surface area contributed by atoms with Crippen molar-refractivity contribution in [2.75, 3.05) is 0 Å². The minimum atomic E-state index is 0.536. The lowest BCUT2D eigenvalue weighted by atomic mass is 9.86. The maximum absolute atomic E-state index is 10.3. The third kappa shape index (κ3) is 3.99. The molecule has 0 unspecified atom stereocenters. The van der Waals surface area contributed by atoms with Crippen LogP contribution in [0.1, 0.15) is 75.6 Å². The number of aryl methyl sites for hydroxylation is 1. The SMILES string of the molecule is CCCc1cc(O)c(CCC)c(CCC)c1CCC. The summed E-state index contributed by atoms with van der Waals surface area (Å²) in [5.41, 5.74) is 5.58. The van der Waals surface area contributed by atoms with Gasteiger partial charge < -0.3 is 5.11 Å². The molecular formula is C18H30O. The van der Waals surface area contributed by atoms with Crippen LogP contribution in [-0.2, 0) is 25.7 Å². The molecule has 0 saturated heterocycles. The van der Waals surface area contributed by atoms with Crippen molar-refractivity contribution >= 4 is 0 Å². The predicted molar refractivity (Wildman–Crippen MR) is 84.1 cm³/mol. The fourth-order valence-corrected chi connectivity index (χ4v) is 3.00. The van der Waals surface area contributed by atoms with Gasteiger partial charge in [0.05, 0.1) is 0 Å². The van der Waals surface area contributed by atoms with Crippen molar-refractivity contribution < 1.29 is 5.11 Å². The van der Waals surface area contributed by atoms with Crippen molar-refractivity contribution in [3.63, 3.8) is 0 Å². The molecule has 0 aliphatic carbocycles. The maximum atomic E-state index is 10.3. The summed E-state index contributed by atoms with van der Waals surface area (Å²) in [6.07, 6.45) is 8.94. The second-order valence-electron chi connectivity index (χ2n) is 5.49. The molecule has 0 saturated carbocycles. The molecule has 1 nitrogen and oxygen atoms in total. The summed E-state index contributed by atoms with van der Waals surface area (Å²) in [6, 6.07) is 2.04. The summed E-state index contributed by atoms with van der Waals surface area (Å²) in [5.74, 6) is 0.536. The van der Waals surface area contributed by atoms with Crippen LogP contribution < -0.4 is 0 Å². The highest BCUT2D eigenvalue weighted by Gasteiger charge is 2.15. The molecule has 0 aromatic heterocycles. The smallest absolute Gasteiger partial charge is 0.119 e. The average molecular weight is 262 g/mol. The quantitative estimate of drug-likeness (QED) is 0.682. The summed E-state index contributed by atoms with van der Waals surface area (Å²) in [6.45, 7) is 8.88. The Morgan fingerprint density at radius 1 is 0.684 bits per heavy atom. The molecule has 108 valence electrons. The first-order valence-corrected chi connectivity index (χ1v) is 8.04. The zero-order valence-electron chi connectivity index (χ0n) is 13.2. The van der Waals surface area contributed by atoms with Gasteiger partial charge in [0, 0.05) is 0 Å². The van der Waals surface area contributed by atoms with Crippen LogP contribution in [0.25, 0.3) is 0 Å². The van der Waals surface area contributed by atoms with E-state index in [1.54, 1.807) is 0 Å². The summed E-state index contributed by atoms with van der Waals surface area (Å²) in [4.78, 5) is 0. The van der Waals surface area contributed by atoms with Crippen LogP contribution in [0.4, 0.5) is 0 Å². The van der Waals surface area contributed by atoms with Crippen LogP contribution in [0.5, 0.6) is 5.75 Å². The monoisotopic (exact) mass is 262 g/mol. The van der Waals surface area contributed by atoms with Gasteiger partial charge in [-0.25, -0.2) is 0 Å². The summed E-state index contributed by atoms with van der Waals surface area (Å²) in [7, 11) is 0. The third-order valence-electron chi connectivity index (χ3n) is 3.76. The second kappa shape index (κ2) is 8.24. The topological polar surface area (TPSA) is 20.2 Å². The molecule has 0 atom stereocenters. The van der Waals surface area contributed by atoms with E-state index < -0.39 is 0 Å². The normalized spacial score (nSPS) is 10.9. The van der Waals surface area contributed by atoms with Crippen LogP contribution in [-0.4, -0.2) is 5.11 Å². The first-order chi connectivity index (χ1) is 9.19. The Morgan fingerprint density at radius 3 is 1.68 bits per heavy atom. The summed E-state index contributed by atoms with van der Waals surface area (Å²) in [5, 5.41) is 10.3. The predicted octanol–water partition coefficient (Wildman–Crippen LogP) is 5.20. The van der Waals surface area contributed by atoms with Crippen LogP contribution in [0.15, 0.2) is 6.07 Å². The molecule has 1 aromatic carbocycles. The highest BCUT2D eigenvalue weighted by Crippen LogP contribution is 2.32. The van der Waals surface area contributed by atoms with E-state index >= 15 is 0 Å². The van der Waals surface area contributed by atoms with E-state index in [2.05, 4.69) is 27.7 Å².